The summed E-state index contributed by atoms with van der Waals surface area (Å²) >= 11 is 1.77. The number of nitrogens with zero attached hydrogens (tertiary/aromatic N) is 2. The first-order valence-electron chi connectivity index (χ1n) is 4.94. The Hall–Kier alpha value is -1.09. The third-order valence-electron chi connectivity index (χ3n) is 2.41. The second-order valence-electron chi connectivity index (χ2n) is 3.15. The summed E-state index contributed by atoms with van der Waals surface area (Å²) in [6.45, 7) is 6.36. The summed E-state index contributed by atoms with van der Waals surface area (Å²) in [5, 5.41) is 3.42. The molecule has 2 aromatic heterocycles. The molecule has 0 saturated carbocycles. The summed E-state index contributed by atoms with van der Waals surface area (Å²) in [7, 11) is 0. The Bertz CT molecular complexity index is 418. The van der Waals surface area contributed by atoms with Crippen molar-refractivity contribution in [1.82, 2.24) is 4.98 Å². The van der Waals surface area contributed by atoms with Gasteiger partial charge in [-0.25, -0.2) is 4.98 Å². The van der Waals surface area contributed by atoms with Crippen LogP contribution in [0.3, 0.4) is 0 Å². The first-order chi connectivity index (χ1) is 6.86. The average molecular weight is 206 g/mol. The van der Waals surface area contributed by atoms with E-state index in [4.69, 9.17) is 0 Å². The molecular formula is C11H14N2S. The molecular weight excluding hydrogens is 192 g/mol. The van der Waals surface area contributed by atoms with Crippen molar-refractivity contribution in [3.05, 3.63) is 23.7 Å². The SMILES string of the molecule is CCN(CC)c1nccc2ccsc12. The van der Waals surface area contributed by atoms with Crippen LogP contribution >= 0.6 is 11.3 Å². The van der Waals surface area contributed by atoms with E-state index in [2.05, 4.69) is 41.2 Å². The minimum Gasteiger partial charge on any atom is -0.356 e. The standard InChI is InChI=1S/C11H14N2S/c1-3-13(4-2)11-10-9(5-7-12-11)6-8-14-10/h5-8H,3-4H2,1-2H3. The molecule has 2 heterocycles. The molecule has 0 radical (unpaired) electrons. The fourth-order valence-corrected chi connectivity index (χ4v) is 2.54. The van der Waals surface area contributed by atoms with Crippen LogP contribution in [0.15, 0.2) is 23.7 Å². The normalized spacial score (nSPS) is 10.7. The largest absolute Gasteiger partial charge is 0.356 e. The maximum atomic E-state index is 4.46. The highest BCUT2D eigenvalue weighted by molar-refractivity contribution is 7.17. The average Bonchev–Trinajstić information content (AvgIpc) is 2.68. The molecule has 0 fully saturated rings. The van der Waals surface area contributed by atoms with E-state index >= 15 is 0 Å². The Labute approximate surface area is 88.2 Å². The van der Waals surface area contributed by atoms with Gasteiger partial charge < -0.3 is 4.90 Å². The Morgan fingerprint density at radius 3 is 2.79 bits per heavy atom. The lowest BCUT2D eigenvalue weighted by Crippen LogP contribution is -2.22. The molecule has 0 bridgehead atoms. The maximum absolute atomic E-state index is 4.46. The first-order valence-corrected chi connectivity index (χ1v) is 5.82. The molecule has 0 aliphatic carbocycles. The highest BCUT2D eigenvalue weighted by Crippen LogP contribution is 2.28. The lowest BCUT2D eigenvalue weighted by Gasteiger charge is -2.19. The lowest BCUT2D eigenvalue weighted by molar-refractivity contribution is 0.853. The second kappa shape index (κ2) is 3.96. The third kappa shape index (κ3) is 1.48. The lowest BCUT2D eigenvalue weighted by atomic mass is 10.3. The van der Waals surface area contributed by atoms with Crippen molar-refractivity contribution in [3.8, 4) is 0 Å². The molecule has 0 amide bonds. The molecule has 0 N–H and O–H groups in total. The van der Waals surface area contributed by atoms with E-state index in [9.17, 15) is 0 Å². The third-order valence-corrected chi connectivity index (χ3v) is 3.34. The van der Waals surface area contributed by atoms with Crippen LogP contribution < -0.4 is 4.90 Å². The van der Waals surface area contributed by atoms with Crippen LogP contribution in [0, 0.1) is 0 Å². The van der Waals surface area contributed by atoms with Crippen molar-refractivity contribution in [2.75, 3.05) is 18.0 Å². The van der Waals surface area contributed by atoms with Crippen LogP contribution in [0.5, 0.6) is 0 Å². The number of hydrogen-bond donors (Lipinski definition) is 0. The van der Waals surface area contributed by atoms with Crippen LogP contribution in [-0.2, 0) is 0 Å². The van der Waals surface area contributed by atoms with E-state index in [1.165, 1.54) is 10.1 Å². The van der Waals surface area contributed by atoms with Crippen molar-refractivity contribution < 1.29 is 0 Å². The Morgan fingerprint density at radius 1 is 1.29 bits per heavy atom. The van der Waals surface area contributed by atoms with Gasteiger partial charge in [-0.05, 0) is 36.7 Å². The summed E-state index contributed by atoms with van der Waals surface area (Å²) in [6, 6.07) is 4.22. The minimum absolute atomic E-state index is 1.01. The van der Waals surface area contributed by atoms with E-state index in [1.54, 1.807) is 11.3 Å². The van der Waals surface area contributed by atoms with Crippen LogP contribution in [0.4, 0.5) is 5.82 Å². The number of rotatable bonds is 3. The van der Waals surface area contributed by atoms with E-state index in [-0.39, 0.29) is 0 Å². The minimum atomic E-state index is 1.01. The Balaban J connectivity index is 2.54. The summed E-state index contributed by atoms with van der Waals surface area (Å²) < 4.78 is 1.30. The number of pyridine rings is 1. The molecule has 0 aliphatic rings. The van der Waals surface area contributed by atoms with E-state index < -0.39 is 0 Å². The number of fused-ring (bicyclic) bond motifs is 1. The van der Waals surface area contributed by atoms with Gasteiger partial charge in [-0.2, -0.15) is 0 Å². The molecule has 0 aliphatic heterocycles. The van der Waals surface area contributed by atoms with Crippen molar-refractivity contribution in [2.45, 2.75) is 13.8 Å². The van der Waals surface area contributed by atoms with Gasteiger partial charge in [-0.3, -0.25) is 0 Å². The van der Waals surface area contributed by atoms with E-state index in [0.717, 1.165) is 18.9 Å². The fourth-order valence-electron chi connectivity index (χ4n) is 1.63. The molecule has 0 unspecified atom stereocenters. The van der Waals surface area contributed by atoms with Crippen LogP contribution in [0.25, 0.3) is 10.1 Å². The topological polar surface area (TPSA) is 16.1 Å². The summed E-state index contributed by atoms with van der Waals surface area (Å²) in [4.78, 5) is 6.75. The Kier molecular flexibility index (Phi) is 2.68. The van der Waals surface area contributed by atoms with Gasteiger partial charge in [0.1, 0.15) is 5.82 Å². The second-order valence-corrected chi connectivity index (χ2v) is 4.06. The quantitative estimate of drug-likeness (QED) is 0.767. The maximum Gasteiger partial charge on any atom is 0.146 e. The van der Waals surface area contributed by atoms with E-state index in [1.807, 2.05) is 6.20 Å². The van der Waals surface area contributed by atoms with Gasteiger partial charge >= 0.3 is 0 Å². The highest BCUT2D eigenvalue weighted by Gasteiger charge is 2.08. The molecule has 0 spiro atoms. The Morgan fingerprint density at radius 2 is 2.07 bits per heavy atom. The van der Waals surface area contributed by atoms with Crippen LogP contribution in [0.1, 0.15) is 13.8 Å². The van der Waals surface area contributed by atoms with Gasteiger partial charge in [0.15, 0.2) is 0 Å². The number of aromatic nitrogens is 1. The smallest absolute Gasteiger partial charge is 0.146 e. The zero-order valence-corrected chi connectivity index (χ0v) is 9.34. The molecule has 2 rings (SSSR count). The highest BCUT2D eigenvalue weighted by atomic mass is 32.1. The zero-order chi connectivity index (χ0) is 9.97. The van der Waals surface area contributed by atoms with Gasteiger partial charge in [0, 0.05) is 19.3 Å². The molecule has 14 heavy (non-hydrogen) atoms. The molecule has 74 valence electrons. The number of thiophene rings is 1. The van der Waals surface area contributed by atoms with Crippen molar-refractivity contribution in [3.63, 3.8) is 0 Å². The van der Waals surface area contributed by atoms with Crippen molar-refractivity contribution in [1.29, 1.82) is 0 Å². The summed E-state index contributed by atoms with van der Waals surface area (Å²) in [6.07, 6.45) is 1.89. The van der Waals surface area contributed by atoms with Crippen molar-refractivity contribution >= 4 is 27.2 Å². The molecule has 2 nitrogen and oxygen atoms in total. The van der Waals surface area contributed by atoms with Crippen LogP contribution in [0.2, 0.25) is 0 Å². The van der Waals surface area contributed by atoms with Crippen molar-refractivity contribution in [2.24, 2.45) is 0 Å². The van der Waals surface area contributed by atoms with E-state index in [0.29, 0.717) is 0 Å². The monoisotopic (exact) mass is 206 g/mol. The van der Waals surface area contributed by atoms with Gasteiger partial charge in [0.05, 0.1) is 4.70 Å². The molecule has 0 saturated heterocycles. The van der Waals surface area contributed by atoms with Crippen LogP contribution in [-0.4, -0.2) is 18.1 Å². The predicted molar refractivity (Wildman–Crippen MR) is 63.2 cm³/mol. The molecule has 0 atom stereocenters. The predicted octanol–water partition coefficient (Wildman–Crippen LogP) is 3.14. The summed E-state index contributed by atoms with van der Waals surface area (Å²) in [5.41, 5.74) is 0. The van der Waals surface area contributed by atoms with Gasteiger partial charge in [0.2, 0.25) is 0 Å². The number of hydrogen-bond acceptors (Lipinski definition) is 3. The number of anilines is 1. The summed E-state index contributed by atoms with van der Waals surface area (Å²) in [5.74, 6) is 1.13. The fraction of sp³-hybridized carbons (Fsp3) is 0.364. The first kappa shape index (κ1) is 9.46. The van der Waals surface area contributed by atoms with Gasteiger partial charge in [0.25, 0.3) is 0 Å². The van der Waals surface area contributed by atoms with Gasteiger partial charge in [-0.15, -0.1) is 11.3 Å². The molecule has 2 aromatic rings. The molecule has 3 heteroatoms. The zero-order valence-electron chi connectivity index (χ0n) is 8.53. The molecule has 0 aromatic carbocycles. The van der Waals surface area contributed by atoms with Gasteiger partial charge in [-0.1, -0.05) is 0 Å².